The predicted molar refractivity (Wildman–Crippen MR) is 83.9 cm³/mol. The van der Waals surface area contributed by atoms with Gasteiger partial charge in [-0.05, 0) is 43.1 Å². The van der Waals surface area contributed by atoms with E-state index < -0.39 is 0 Å². The summed E-state index contributed by atoms with van der Waals surface area (Å²) >= 11 is 6.26. The maximum Gasteiger partial charge on any atom is 0.174 e. The van der Waals surface area contributed by atoms with Crippen LogP contribution in [0.15, 0.2) is 22.7 Å². The fourth-order valence-electron chi connectivity index (χ4n) is 2.10. The number of benzene rings is 1. The van der Waals surface area contributed by atoms with E-state index in [2.05, 4.69) is 24.3 Å². The second-order valence-corrected chi connectivity index (χ2v) is 5.80. The largest absolute Gasteiger partial charge is 0.485 e. The average molecular weight is 309 g/mol. The molecule has 0 radical (unpaired) electrons. The van der Waals surface area contributed by atoms with Crippen molar-refractivity contribution in [1.29, 1.82) is 0 Å². The number of aryl methyl sites for hydroxylation is 1. The molecule has 5 heteroatoms. The first-order valence-electron chi connectivity index (χ1n) is 7.03. The molecule has 0 saturated carbocycles. The minimum absolute atomic E-state index is 0.355. The molecule has 0 aliphatic carbocycles. The Morgan fingerprint density at radius 3 is 2.76 bits per heavy atom. The summed E-state index contributed by atoms with van der Waals surface area (Å²) in [7, 11) is 1.87. The van der Waals surface area contributed by atoms with Crippen LogP contribution in [0.5, 0.6) is 5.75 Å². The van der Waals surface area contributed by atoms with E-state index in [9.17, 15) is 0 Å². The third-order valence-electron chi connectivity index (χ3n) is 3.25. The van der Waals surface area contributed by atoms with Crippen LogP contribution in [-0.2, 0) is 13.2 Å². The predicted octanol–water partition coefficient (Wildman–Crippen LogP) is 4.06. The van der Waals surface area contributed by atoms with Crippen LogP contribution in [0.2, 0.25) is 5.02 Å². The summed E-state index contributed by atoms with van der Waals surface area (Å²) in [5.41, 5.74) is 2.97. The summed E-state index contributed by atoms with van der Waals surface area (Å²) in [6, 6.07) is 5.84. The van der Waals surface area contributed by atoms with Gasteiger partial charge < -0.3 is 14.6 Å². The van der Waals surface area contributed by atoms with Gasteiger partial charge in [0.2, 0.25) is 0 Å². The minimum atomic E-state index is 0.355. The standard InChI is InChI=1S/C16H21ClN2O2/c1-10(2)14-7-16(11(3)5-15(14)17)20-9-13-6-12(8-18-4)19-21-13/h5-7,10,18H,8-9H2,1-4H3. The highest BCUT2D eigenvalue weighted by Crippen LogP contribution is 2.31. The van der Waals surface area contributed by atoms with Crippen LogP contribution in [0.25, 0.3) is 0 Å². The molecular weight excluding hydrogens is 288 g/mol. The van der Waals surface area contributed by atoms with E-state index in [-0.39, 0.29) is 0 Å². The zero-order valence-electron chi connectivity index (χ0n) is 12.9. The highest BCUT2D eigenvalue weighted by atomic mass is 35.5. The average Bonchev–Trinajstić information content (AvgIpc) is 2.85. The van der Waals surface area contributed by atoms with Crippen LogP contribution in [0.3, 0.4) is 0 Å². The summed E-state index contributed by atoms with van der Waals surface area (Å²) in [6.45, 7) is 7.25. The topological polar surface area (TPSA) is 47.3 Å². The first-order chi connectivity index (χ1) is 10.0. The lowest BCUT2D eigenvalue weighted by Gasteiger charge is -2.14. The molecular formula is C16H21ClN2O2. The van der Waals surface area contributed by atoms with E-state index in [0.717, 1.165) is 27.6 Å². The molecule has 114 valence electrons. The van der Waals surface area contributed by atoms with E-state index >= 15 is 0 Å². The van der Waals surface area contributed by atoms with Crippen molar-refractivity contribution in [3.8, 4) is 5.75 Å². The van der Waals surface area contributed by atoms with Crippen molar-refractivity contribution in [3.63, 3.8) is 0 Å². The van der Waals surface area contributed by atoms with Crippen LogP contribution in [0.4, 0.5) is 0 Å². The molecule has 0 aliphatic rings. The van der Waals surface area contributed by atoms with Gasteiger partial charge in [-0.25, -0.2) is 0 Å². The molecule has 0 aliphatic heterocycles. The van der Waals surface area contributed by atoms with Crippen LogP contribution in [0.1, 0.15) is 42.3 Å². The molecule has 4 nitrogen and oxygen atoms in total. The molecule has 0 unspecified atom stereocenters. The minimum Gasteiger partial charge on any atom is -0.485 e. The van der Waals surface area contributed by atoms with Gasteiger partial charge >= 0.3 is 0 Å². The van der Waals surface area contributed by atoms with Gasteiger partial charge in [-0.3, -0.25) is 0 Å². The molecule has 0 atom stereocenters. The Labute approximate surface area is 130 Å². The highest BCUT2D eigenvalue weighted by Gasteiger charge is 2.11. The summed E-state index contributed by atoms with van der Waals surface area (Å²) < 4.78 is 11.1. The zero-order valence-corrected chi connectivity index (χ0v) is 13.6. The van der Waals surface area contributed by atoms with Crippen LogP contribution >= 0.6 is 11.6 Å². The lowest BCUT2D eigenvalue weighted by atomic mass is 10.0. The van der Waals surface area contributed by atoms with Crippen molar-refractivity contribution in [2.45, 2.75) is 39.8 Å². The lowest BCUT2D eigenvalue weighted by molar-refractivity contribution is 0.247. The lowest BCUT2D eigenvalue weighted by Crippen LogP contribution is -2.04. The second kappa shape index (κ2) is 6.96. The number of halogens is 1. The fourth-order valence-corrected chi connectivity index (χ4v) is 2.54. The van der Waals surface area contributed by atoms with Gasteiger partial charge in [-0.15, -0.1) is 0 Å². The molecule has 21 heavy (non-hydrogen) atoms. The molecule has 1 aromatic heterocycles. The van der Waals surface area contributed by atoms with Crippen molar-refractivity contribution in [2.24, 2.45) is 0 Å². The first-order valence-corrected chi connectivity index (χ1v) is 7.41. The molecule has 2 rings (SSSR count). The van der Waals surface area contributed by atoms with Gasteiger partial charge in [0.15, 0.2) is 5.76 Å². The summed E-state index contributed by atoms with van der Waals surface area (Å²) in [5, 5.41) is 7.77. The Hall–Kier alpha value is -1.52. The number of ether oxygens (including phenoxy) is 1. The van der Waals surface area contributed by atoms with Crippen molar-refractivity contribution in [3.05, 3.63) is 45.8 Å². The van der Waals surface area contributed by atoms with Gasteiger partial charge in [0.05, 0.1) is 5.69 Å². The Morgan fingerprint density at radius 1 is 1.33 bits per heavy atom. The van der Waals surface area contributed by atoms with Crippen molar-refractivity contribution in [2.75, 3.05) is 7.05 Å². The van der Waals surface area contributed by atoms with Gasteiger partial charge in [0.25, 0.3) is 0 Å². The van der Waals surface area contributed by atoms with Gasteiger partial charge in [-0.1, -0.05) is 30.6 Å². The van der Waals surface area contributed by atoms with E-state index in [1.807, 2.05) is 32.2 Å². The molecule has 1 heterocycles. The normalized spacial score (nSPS) is 11.1. The molecule has 0 fully saturated rings. The Bertz CT molecular complexity index is 608. The van der Waals surface area contributed by atoms with Crippen LogP contribution < -0.4 is 10.1 Å². The number of nitrogens with one attached hydrogen (secondary N) is 1. The maximum atomic E-state index is 6.26. The SMILES string of the molecule is CNCc1cc(COc2cc(C(C)C)c(Cl)cc2C)on1. The molecule has 1 N–H and O–H groups in total. The van der Waals surface area contributed by atoms with Gasteiger partial charge in [0, 0.05) is 17.6 Å². The van der Waals surface area contributed by atoms with Gasteiger partial charge in [0.1, 0.15) is 12.4 Å². The Morgan fingerprint density at radius 2 is 2.10 bits per heavy atom. The van der Waals surface area contributed by atoms with Crippen molar-refractivity contribution >= 4 is 11.6 Å². The van der Waals surface area contributed by atoms with E-state index in [1.165, 1.54) is 0 Å². The van der Waals surface area contributed by atoms with Crippen LogP contribution in [0, 0.1) is 6.92 Å². The molecule has 1 aromatic carbocycles. The van der Waals surface area contributed by atoms with E-state index in [1.54, 1.807) is 0 Å². The van der Waals surface area contributed by atoms with Gasteiger partial charge in [-0.2, -0.15) is 0 Å². The van der Waals surface area contributed by atoms with E-state index in [0.29, 0.717) is 24.8 Å². The number of hydrogen-bond acceptors (Lipinski definition) is 4. The molecule has 0 spiro atoms. The van der Waals surface area contributed by atoms with Crippen molar-refractivity contribution in [1.82, 2.24) is 10.5 Å². The third kappa shape index (κ3) is 3.99. The summed E-state index contributed by atoms with van der Waals surface area (Å²) in [4.78, 5) is 0. The maximum absolute atomic E-state index is 6.26. The quantitative estimate of drug-likeness (QED) is 0.874. The van der Waals surface area contributed by atoms with Crippen molar-refractivity contribution < 1.29 is 9.26 Å². The molecule has 0 bridgehead atoms. The third-order valence-corrected chi connectivity index (χ3v) is 3.58. The zero-order chi connectivity index (χ0) is 15.4. The number of nitrogens with zero attached hydrogens (tertiary/aromatic N) is 1. The Kier molecular flexibility index (Phi) is 5.26. The summed E-state index contributed by atoms with van der Waals surface area (Å²) in [5.74, 6) is 1.89. The number of hydrogen-bond donors (Lipinski definition) is 1. The van der Waals surface area contributed by atoms with Crippen LogP contribution in [-0.4, -0.2) is 12.2 Å². The van der Waals surface area contributed by atoms with E-state index in [4.69, 9.17) is 20.9 Å². The fraction of sp³-hybridized carbons (Fsp3) is 0.438. The Balaban J connectivity index is 2.10. The smallest absolute Gasteiger partial charge is 0.174 e. The molecule has 0 amide bonds. The molecule has 0 saturated heterocycles. The molecule has 2 aromatic rings. The number of aromatic nitrogens is 1. The summed E-state index contributed by atoms with van der Waals surface area (Å²) in [6.07, 6.45) is 0. The highest BCUT2D eigenvalue weighted by molar-refractivity contribution is 6.31. The first kappa shape index (κ1) is 15.9. The number of rotatable bonds is 6. The second-order valence-electron chi connectivity index (χ2n) is 5.40. The monoisotopic (exact) mass is 308 g/mol.